The normalized spacial score (nSPS) is 22.0. The lowest BCUT2D eigenvalue weighted by Crippen LogP contribution is -2.42. The SMILES string of the molecule is CC1CCC(c2ccc(Cl)cc2)N(c2cccc(Cl)c2)C1=O. The van der Waals surface area contributed by atoms with Crippen molar-refractivity contribution < 1.29 is 4.79 Å². The number of piperidine rings is 1. The highest BCUT2D eigenvalue weighted by atomic mass is 35.5. The second kappa shape index (κ2) is 6.31. The van der Waals surface area contributed by atoms with Crippen LogP contribution in [0.15, 0.2) is 48.5 Å². The van der Waals surface area contributed by atoms with Gasteiger partial charge in [-0.15, -0.1) is 0 Å². The van der Waals surface area contributed by atoms with Crippen LogP contribution in [0.2, 0.25) is 10.0 Å². The summed E-state index contributed by atoms with van der Waals surface area (Å²) in [5.41, 5.74) is 1.95. The standard InChI is InChI=1S/C18H17Cl2NO/c1-12-5-10-17(13-6-8-14(19)9-7-13)21(18(12)22)16-4-2-3-15(20)11-16/h2-4,6-9,11-12,17H,5,10H2,1H3. The van der Waals surface area contributed by atoms with Gasteiger partial charge in [0.25, 0.3) is 0 Å². The van der Waals surface area contributed by atoms with E-state index in [-0.39, 0.29) is 17.9 Å². The van der Waals surface area contributed by atoms with E-state index in [4.69, 9.17) is 23.2 Å². The van der Waals surface area contributed by atoms with Crippen LogP contribution >= 0.6 is 23.2 Å². The summed E-state index contributed by atoms with van der Waals surface area (Å²) in [6.07, 6.45) is 1.82. The second-order valence-corrected chi connectivity index (χ2v) is 6.61. The Kier molecular flexibility index (Phi) is 4.42. The fourth-order valence-corrected chi connectivity index (χ4v) is 3.30. The monoisotopic (exact) mass is 333 g/mol. The molecule has 22 heavy (non-hydrogen) atoms. The lowest BCUT2D eigenvalue weighted by molar-refractivity contribution is -0.124. The average molecular weight is 334 g/mol. The van der Waals surface area contributed by atoms with Crippen LogP contribution in [0.25, 0.3) is 0 Å². The third-order valence-electron chi connectivity index (χ3n) is 4.18. The third-order valence-corrected chi connectivity index (χ3v) is 4.67. The van der Waals surface area contributed by atoms with Gasteiger partial charge in [-0.3, -0.25) is 4.79 Å². The Morgan fingerprint density at radius 3 is 2.41 bits per heavy atom. The van der Waals surface area contributed by atoms with Gasteiger partial charge in [-0.25, -0.2) is 0 Å². The molecule has 2 aromatic carbocycles. The lowest BCUT2D eigenvalue weighted by Gasteiger charge is -2.38. The maximum Gasteiger partial charge on any atom is 0.230 e. The fourth-order valence-electron chi connectivity index (χ4n) is 2.99. The molecule has 0 aromatic heterocycles. The average Bonchev–Trinajstić information content (AvgIpc) is 2.51. The molecule has 0 saturated carbocycles. The van der Waals surface area contributed by atoms with Gasteiger partial charge in [-0.2, -0.15) is 0 Å². The van der Waals surface area contributed by atoms with Gasteiger partial charge >= 0.3 is 0 Å². The molecule has 0 radical (unpaired) electrons. The number of anilines is 1. The number of hydrogen-bond acceptors (Lipinski definition) is 1. The molecule has 2 unspecified atom stereocenters. The number of hydrogen-bond donors (Lipinski definition) is 0. The van der Waals surface area contributed by atoms with Gasteiger partial charge in [-0.1, -0.05) is 48.3 Å². The molecule has 1 aliphatic rings. The predicted octanol–water partition coefficient (Wildman–Crippen LogP) is 5.50. The highest BCUT2D eigenvalue weighted by Crippen LogP contribution is 2.38. The largest absolute Gasteiger partial charge is 0.305 e. The summed E-state index contributed by atoms with van der Waals surface area (Å²) in [7, 11) is 0. The highest BCUT2D eigenvalue weighted by molar-refractivity contribution is 6.31. The molecule has 0 bridgehead atoms. The third kappa shape index (κ3) is 2.99. The fraction of sp³-hybridized carbons (Fsp3) is 0.278. The van der Waals surface area contributed by atoms with E-state index in [1.165, 1.54) is 0 Å². The van der Waals surface area contributed by atoms with Gasteiger partial charge in [0.2, 0.25) is 5.91 Å². The van der Waals surface area contributed by atoms with Crippen molar-refractivity contribution >= 4 is 34.8 Å². The minimum atomic E-state index is 0.0273. The molecule has 3 rings (SSSR count). The summed E-state index contributed by atoms with van der Waals surface area (Å²) in [6, 6.07) is 15.2. The lowest BCUT2D eigenvalue weighted by atomic mass is 9.89. The van der Waals surface area contributed by atoms with E-state index in [0.29, 0.717) is 10.0 Å². The van der Waals surface area contributed by atoms with Crippen molar-refractivity contribution in [2.75, 3.05) is 4.90 Å². The number of amides is 1. The molecule has 114 valence electrons. The molecule has 2 atom stereocenters. The molecule has 1 saturated heterocycles. The van der Waals surface area contributed by atoms with Crippen LogP contribution in [0.1, 0.15) is 31.4 Å². The molecule has 2 aromatic rings. The number of benzene rings is 2. The Labute approximate surface area is 140 Å². The van der Waals surface area contributed by atoms with Gasteiger partial charge < -0.3 is 4.90 Å². The maximum atomic E-state index is 12.7. The zero-order valence-electron chi connectivity index (χ0n) is 12.3. The molecule has 1 amide bonds. The first kappa shape index (κ1) is 15.4. The van der Waals surface area contributed by atoms with Crippen molar-refractivity contribution in [1.29, 1.82) is 0 Å². The summed E-state index contributed by atoms with van der Waals surface area (Å²) >= 11 is 12.1. The zero-order chi connectivity index (χ0) is 15.7. The van der Waals surface area contributed by atoms with E-state index in [0.717, 1.165) is 24.1 Å². The van der Waals surface area contributed by atoms with Crippen molar-refractivity contribution in [3.05, 3.63) is 64.1 Å². The van der Waals surface area contributed by atoms with Crippen LogP contribution in [-0.2, 0) is 4.79 Å². The van der Waals surface area contributed by atoms with Crippen molar-refractivity contribution in [1.82, 2.24) is 0 Å². The molecular weight excluding hydrogens is 317 g/mol. The first-order chi connectivity index (χ1) is 10.6. The summed E-state index contributed by atoms with van der Waals surface area (Å²) in [5, 5.41) is 1.34. The van der Waals surface area contributed by atoms with Crippen LogP contribution < -0.4 is 4.90 Å². The van der Waals surface area contributed by atoms with E-state index in [2.05, 4.69) is 0 Å². The Balaban J connectivity index is 2.03. The molecule has 0 spiro atoms. The summed E-state index contributed by atoms with van der Waals surface area (Å²) in [6.45, 7) is 1.98. The molecule has 2 nitrogen and oxygen atoms in total. The first-order valence-electron chi connectivity index (χ1n) is 7.40. The number of carbonyl (C=O) groups excluding carboxylic acids is 1. The minimum absolute atomic E-state index is 0.0273. The molecule has 0 N–H and O–H groups in total. The van der Waals surface area contributed by atoms with Crippen LogP contribution in [0, 0.1) is 5.92 Å². The molecule has 1 heterocycles. The minimum Gasteiger partial charge on any atom is -0.305 e. The molecule has 1 aliphatic heterocycles. The van der Waals surface area contributed by atoms with E-state index in [9.17, 15) is 4.79 Å². The summed E-state index contributed by atoms with van der Waals surface area (Å²) in [4.78, 5) is 14.6. The van der Waals surface area contributed by atoms with Crippen molar-refractivity contribution in [2.24, 2.45) is 5.92 Å². The van der Waals surface area contributed by atoms with Gasteiger partial charge in [0.05, 0.1) is 6.04 Å². The summed E-state index contributed by atoms with van der Waals surface area (Å²) < 4.78 is 0. The topological polar surface area (TPSA) is 20.3 Å². The first-order valence-corrected chi connectivity index (χ1v) is 8.16. The Bertz CT molecular complexity index is 684. The maximum absolute atomic E-state index is 12.7. The van der Waals surface area contributed by atoms with Gasteiger partial charge in [-0.05, 0) is 48.7 Å². The van der Waals surface area contributed by atoms with Crippen LogP contribution in [0.5, 0.6) is 0 Å². The van der Waals surface area contributed by atoms with Crippen molar-refractivity contribution in [3.8, 4) is 0 Å². The Hall–Kier alpha value is -1.51. The summed E-state index contributed by atoms with van der Waals surface area (Å²) in [5.74, 6) is 0.177. The van der Waals surface area contributed by atoms with Crippen molar-refractivity contribution in [3.63, 3.8) is 0 Å². The molecule has 0 aliphatic carbocycles. The zero-order valence-corrected chi connectivity index (χ0v) is 13.8. The van der Waals surface area contributed by atoms with Gasteiger partial charge in [0.1, 0.15) is 0 Å². The Morgan fingerprint density at radius 2 is 1.73 bits per heavy atom. The van der Waals surface area contributed by atoms with Gasteiger partial charge in [0.15, 0.2) is 0 Å². The van der Waals surface area contributed by atoms with Crippen LogP contribution in [0.4, 0.5) is 5.69 Å². The van der Waals surface area contributed by atoms with E-state index in [1.54, 1.807) is 0 Å². The van der Waals surface area contributed by atoms with Gasteiger partial charge in [0, 0.05) is 21.7 Å². The smallest absolute Gasteiger partial charge is 0.230 e. The highest BCUT2D eigenvalue weighted by Gasteiger charge is 2.34. The van der Waals surface area contributed by atoms with E-state index >= 15 is 0 Å². The number of rotatable bonds is 2. The van der Waals surface area contributed by atoms with Crippen LogP contribution in [-0.4, -0.2) is 5.91 Å². The predicted molar refractivity (Wildman–Crippen MR) is 91.5 cm³/mol. The van der Waals surface area contributed by atoms with Crippen LogP contribution in [0.3, 0.4) is 0 Å². The second-order valence-electron chi connectivity index (χ2n) is 5.73. The number of halogens is 2. The number of carbonyl (C=O) groups is 1. The van der Waals surface area contributed by atoms with E-state index in [1.807, 2.05) is 60.4 Å². The molecule has 1 fully saturated rings. The van der Waals surface area contributed by atoms with E-state index < -0.39 is 0 Å². The van der Waals surface area contributed by atoms with Crippen molar-refractivity contribution in [2.45, 2.75) is 25.8 Å². The molecular formula is C18H17Cl2NO. The Morgan fingerprint density at radius 1 is 1.00 bits per heavy atom. The number of nitrogens with zero attached hydrogens (tertiary/aromatic N) is 1. The molecule has 4 heteroatoms. The quantitative estimate of drug-likeness (QED) is 0.710.